The first kappa shape index (κ1) is 12.9. The molecule has 0 aromatic carbocycles. The summed E-state index contributed by atoms with van der Waals surface area (Å²) in [4.78, 5) is 0. The number of aliphatic hydroxyl groups excluding tert-OH is 4. The molecule has 1 heterocycles. The summed E-state index contributed by atoms with van der Waals surface area (Å²) in [6.07, 6.45) is -5.94. The van der Waals surface area contributed by atoms with Crippen LogP contribution >= 0.6 is 0 Å². The summed E-state index contributed by atoms with van der Waals surface area (Å²) >= 11 is 0. The van der Waals surface area contributed by atoms with Crippen molar-refractivity contribution in [3.63, 3.8) is 0 Å². The summed E-state index contributed by atoms with van der Waals surface area (Å²) in [5.74, 6) is -0.0840. The van der Waals surface area contributed by atoms with Crippen LogP contribution in [0.5, 0.6) is 0 Å². The summed E-state index contributed by atoms with van der Waals surface area (Å²) < 4.78 is 5.29. The third-order valence-electron chi connectivity index (χ3n) is 2.91. The summed E-state index contributed by atoms with van der Waals surface area (Å²) in [7, 11) is 0. The van der Waals surface area contributed by atoms with Crippen molar-refractivity contribution in [3.05, 3.63) is 0 Å². The second kappa shape index (κ2) is 4.76. The fourth-order valence-electron chi connectivity index (χ4n) is 1.74. The molecule has 0 radical (unpaired) electrons. The number of ether oxygens (including phenoxy) is 1. The van der Waals surface area contributed by atoms with Crippen LogP contribution in [0.2, 0.25) is 0 Å². The van der Waals surface area contributed by atoms with Crippen molar-refractivity contribution >= 4 is 0 Å². The number of rotatable bonds is 2. The minimum Gasteiger partial charge on any atom is -0.390 e. The normalized spacial score (nSPS) is 44.4. The average molecular weight is 220 g/mol. The van der Waals surface area contributed by atoms with E-state index in [1.807, 2.05) is 0 Å². The Hall–Kier alpha value is -0.200. The molecule has 0 spiro atoms. The number of hydrogen-bond donors (Lipinski definition) is 4. The second-order valence-corrected chi connectivity index (χ2v) is 4.51. The molecule has 1 saturated heterocycles. The van der Waals surface area contributed by atoms with Crippen LogP contribution < -0.4 is 0 Å². The third kappa shape index (κ3) is 2.49. The van der Waals surface area contributed by atoms with Gasteiger partial charge in [-0.2, -0.15) is 0 Å². The maximum Gasteiger partial charge on any atom is 0.113 e. The fourth-order valence-corrected chi connectivity index (χ4v) is 1.74. The van der Waals surface area contributed by atoms with Gasteiger partial charge in [-0.15, -0.1) is 0 Å². The van der Waals surface area contributed by atoms with Crippen LogP contribution in [0, 0.1) is 5.92 Å². The SMILES string of the molecule is CC(C)[C@@H](O)[C@@H]1O[C@@H](C)[C@@H](O)[C@@H](O)[C@@H]1O. The van der Waals surface area contributed by atoms with Crippen LogP contribution in [0.25, 0.3) is 0 Å². The van der Waals surface area contributed by atoms with Crippen LogP contribution in [0.1, 0.15) is 20.8 Å². The standard InChI is InChI=1S/C10H20O5/c1-4(2)6(11)10-9(14)8(13)7(12)5(3)15-10/h4-14H,1-3H3/t5-,6+,7+,8+,9-,10-/m0/s1. The Morgan fingerprint density at radius 3 is 2.00 bits per heavy atom. The lowest BCUT2D eigenvalue weighted by molar-refractivity contribution is -0.242. The molecule has 15 heavy (non-hydrogen) atoms. The molecular weight excluding hydrogens is 200 g/mol. The van der Waals surface area contributed by atoms with E-state index in [0.717, 1.165) is 0 Å². The van der Waals surface area contributed by atoms with Gasteiger partial charge in [-0.25, -0.2) is 0 Å². The summed E-state index contributed by atoms with van der Waals surface area (Å²) in [5.41, 5.74) is 0. The Morgan fingerprint density at radius 1 is 1.00 bits per heavy atom. The molecule has 0 saturated carbocycles. The predicted molar refractivity (Wildman–Crippen MR) is 53.2 cm³/mol. The van der Waals surface area contributed by atoms with Crippen molar-refractivity contribution in [1.29, 1.82) is 0 Å². The Balaban J connectivity index is 2.74. The number of aliphatic hydroxyl groups is 4. The van der Waals surface area contributed by atoms with E-state index in [-0.39, 0.29) is 5.92 Å². The third-order valence-corrected chi connectivity index (χ3v) is 2.91. The minimum absolute atomic E-state index is 0.0840. The van der Waals surface area contributed by atoms with Crippen LogP contribution in [-0.4, -0.2) is 57.0 Å². The zero-order valence-corrected chi connectivity index (χ0v) is 9.24. The molecule has 0 bridgehead atoms. The Bertz CT molecular complexity index is 208. The molecule has 1 aliphatic rings. The lowest BCUT2D eigenvalue weighted by atomic mass is 9.89. The highest BCUT2D eigenvalue weighted by Crippen LogP contribution is 2.25. The average Bonchev–Trinajstić information content (AvgIpc) is 2.19. The Labute approximate surface area is 89.3 Å². The van der Waals surface area contributed by atoms with Gasteiger partial charge in [-0.05, 0) is 12.8 Å². The van der Waals surface area contributed by atoms with Gasteiger partial charge in [0.25, 0.3) is 0 Å². The van der Waals surface area contributed by atoms with E-state index in [0.29, 0.717) is 0 Å². The molecule has 0 unspecified atom stereocenters. The van der Waals surface area contributed by atoms with Crippen LogP contribution in [-0.2, 0) is 4.74 Å². The molecule has 0 amide bonds. The maximum absolute atomic E-state index is 9.77. The van der Waals surface area contributed by atoms with Gasteiger partial charge in [-0.3, -0.25) is 0 Å². The van der Waals surface area contributed by atoms with Gasteiger partial charge in [0, 0.05) is 0 Å². The van der Waals surface area contributed by atoms with Gasteiger partial charge >= 0.3 is 0 Å². The molecule has 5 heteroatoms. The fraction of sp³-hybridized carbons (Fsp3) is 1.00. The molecule has 5 nitrogen and oxygen atoms in total. The monoisotopic (exact) mass is 220 g/mol. The van der Waals surface area contributed by atoms with Crippen LogP contribution in [0.15, 0.2) is 0 Å². The maximum atomic E-state index is 9.77. The smallest absolute Gasteiger partial charge is 0.113 e. The molecule has 4 N–H and O–H groups in total. The van der Waals surface area contributed by atoms with E-state index in [2.05, 4.69) is 0 Å². The zero-order chi connectivity index (χ0) is 11.7. The predicted octanol–water partition coefficient (Wildman–Crippen LogP) is -1.13. The Kier molecular flexibility index (Phi) is 4.08. The van der Waals surface area contributed by atoms with Crippen LogP contribution in [0.4, 0.5) is 0 Å². The summed E-state index contributed by atoms with van der Waals surface area (Å²) in [5, 5.41) is 38.4. The number of hydrogen-bond acceptors (Lipinski definition) is 5. The highest BCUT2D eigenvalue weighted by Gasteiger charge is 2.45. The molecule has 1 aliphatic heterocycles. The van der Waals surface area contributed by atoms with Crippen molar-refractivity contribution in [1.82, 2.24) is 0 Å². The van der Waals surface area contributed by atoms with Crippen molar-refractivity contribution in [2.45, 2.75) is 57.4 Å². The van der Waals surface area contributed by atoms with E-state index in [9.17, 15) is 20.4 Å². The molecule has 0 aromatic rings. The van der Waals surface area contributed by atoms with Gasteiger partial charge in [0.2, 0.25) is 0 Å². The van der Waals surface area contributed by atoms with E-state index in [4.69, 9.17) is 4.74 Å². The van der Waals surface area contributed by atoms with Crippen LogP contribution in [0.3, 0.4) is 0 Å². The van der Waals surface area contributed by atoms with Gasteiger partial charge in [0.1, 0.15) is 24.4 Å². The molecule has 90 valence electrons. The van der Waals surface area contributed by atoms with Gasteiger partial charge < -0.3 is 25.2 Å². The molecule has 6 atom stereocenters. The van der Waals surface area contributed by atoms with Crippen molar-refractivity contribution < 1.29 is 25.2 Å². The van der Waals surface area contributed by atoms with E-state index in [1.54, 1.807) is 20.8 Å². The molecule has 1 fully saturated rings. The van der Waals surface area contributed by atoms with Gasteiger partial charge in [-0.1, -0.05) is 13.8 Å². The highest BCUT2D eigenvalue weighted by molar-refractivity contribution is 4.94. The van der Waals surface area contributed by atoms with Crippen molar-refractivity contribution in [3.8, 4) is 0 Å². The second-order valence-electron chi connectivity index (χ2n) is 4.51. The molecule has 0 aromatic heterocycles. The van der Waals surface area contributed by atoms with E-state index >= 15 is 0 Å². The summed E-state index contributed by atoms with van der Waals surface area (Å²) in [6.45, 7) is 5.19. The lowest BCUT2D eigenvalue weighted by Gasteiger charge is -2.42. The highest BCUT2D eigenvalue weighted by atomic mass is 16.5. The lowest BCUT2D eigenvalue weighted by Crippen LogP contribution is -2.60. The zero-order valence-electron chi connectivity index (χ0n) is 9.24. The topological polar surface area (TPSA) is 90.2 Å². The Morgan fingerprint density at radius 2 is 1.53 bits per heavy atom. The van der Waals surface area contributed by atoms with Crippen molar-refractivity contribution in [2.75, 3.05) is 0 Å². The van der Waals surface area contributed by atoms with E-state index < -0.39 is 36.6 Å². The van der Waals surface area contributed by atoms with Gasteiger partial charge in [0.15, 0.2) is 0 Å². The largest absolute Gasteiger partial charge is 0.390 e. The first-order chi connectivity index (χ1) is 6.86. The molecule has 0 aliphatic carbocycles. The summed E-state index contributed by atoms with van der Waals surface area (Å²) in [6, 6.07) is 0. The van der Waals surface area contributed by atoms with E-state index in [1.165, 1.54) is 0 Å². The minimum atomic E-state index is -1.27. The molecular formula is C10H20O5. The van der Waals surface area contributed by atoms with Gasteiger partial charge in [0.05, 0.1) is 12.2 Å². The first-order valence-electron chi connectivity index (χ1n) is 5.24. The quantitative estimate of drug-likeness (QED) is 0.473. The van der Waals surface area contributed by atoms with Crippen molar-refractivity contribution in [2.24, 2.45) is 5.92 Å². The first-order valence-corrected chi connectivity index (χ1v) is 5.24. The molecule has 1 rings (SSSR count).